The molecule has 0 spiro atoms. The lowest BCUT2D eigenvalue weighted by atomic mass is 10.0. The van der Waals surface area contributed by atoms with Gasteiger partial charge in [-0.15, -0.1) is 11.3 Å². The summed E-state index contributed by atoms with van der Waals surface area (Å²) >= 11 is 4.74. The van der Waals surface area contributed by atoms with E-state index < -0.39 is 5.97 Å². The molecular formula is C23H22BrNO4S. The fourth-order valence-corrected chi connectivity index (χ4v) is 4.17. The van der Waals surface area contributed by atoms with E-state index in [1.54, 1.807) is 14.0 Å². The van der Waals surface area contributed by atoms with Crippen LogP contribution in [0.25, 0.3) is 11.1 Å². The predicted octanol–water partition coefficient (Wildman–Crippen LogP) is 5.93. The Morgan fingerprint density at radius 3 is 2.40 bits per heavy atom. The average molecular weight is 488 g/mol. The van der Waals surface area contributed by atoms with Crippen LogP contribution >= 0.6 is 27.3 Å². The predicted molar refractivity (Wildman–Crippen MR) is 123 cm³/mol. The number of benzene rings is 2. The van der Waals surface area contributed by atoms with E-state index in [4.69, 9.17) is 9.47 Å². The highest BCUT2D eigenvalue weighted by atomic mass is 79.9. The summed E-state index contributed by atoms with van der Waals surface area (Å²) in [7, 11) is 1.62. The highest BCUT2D eigenvalue weighted by Gasteiger charge is 2.22. The summed E-state index contributed by atoms with van der Waals surface area (Å²) in [6.07, 6.45) is 0.898. The number of rotatable bonds is 8. The van der Waals surface area contributed by atoms with Gasteiger partial charge in [0.1, 0.15) is 16.3 Å². The van der Waals surface area contributed by atoms with Crippen molar-refractivity contribution in [2.45, 2.75) is 19.8 Å². The first kappa shape index (κ1) is 22.1. The zero-order valence-electron chi connectivity index (χ0n) is 16.7. The smallest absolute Gasteiger partial charge is 0.341 e. The number of ether oxygens (including phenoxy) is 2. The van der Waals surface area contributed by atoms with Gasteiger partial charge >= 0.3 is 5.97 Å². The van der Waals surface area contributed by atoms with Crippen molar-refractivity contribution in [2.75, 3.05) is 19.0 Å². The van der Waals surface area contributed by atoms with E-state index in [1.165, 1.54) is 11.3 Å². The molecule has 0 radical (unpaired) electrons. The van der Waals surface area contributed by atoms with Crippen LogP contribution in [-0.4, -0.2) is 25.6 Å². The summed E-state index contributed by atoms with van der Waals surface area (Å²) in [6.45, 7) is 2.02. The molecule has 5 nitrogen and oxygen atoms in total. The molecule has 0 aliphatic heterocycles. The molecule has 0 unspecified atom stereocenters. The summed E-state index contributed by atoms with van der Waals surface area (Å²) in [5.41, 5.74) is 3.06. The van der Waals surface area contributed by atoms with Crippen molar-refractivity contribution < 1.29 is 19.1 Å². The first-order valence-electron chi connectivity index (χ1n) is 9.49. The number of carbonyl (C=O) groups is 2. The van der Waals surface area contributed by atoms with Gasteiger partial charge in [0.15, 0.2) is 0 Å². The average Bonchev–Trinajstić information content (AvgIpc) is 3.17. The van der Waals surface area contributed by atoms with Crippen LogP contribution in [-0.2, 0) is 16.0 Å². The van der Waals surface area contributed by atoms with Crippen LogP contribution in [0.15, 0.2) is 58.4 Å². The zero-order chi connectivity index (χ0) is 21.5. The number of hydrogen-bond acceptors (Lipinski definition) is 5. The molecule has 0 atom stereocenters. The van der Waals surface area contributed by atoms with E-state index >= 15 is 0 Å². The molecule has 1 aromatic heterocycles. The van der Waals surface area contributed by atoms with Gasteiger partial charge in [0, 0.05) is 21.8 Å². The number of hydrogen-bond donors (Lipinski definition) is 1. The minimum absolute atomic E-state index is 0.152. The fourth-order valence-electron chi connectivity index (χ4n) is 2.94. The van der Waals surface area contributed by atoms with Gasteiger partial charge in [0.2, 0.25) is 5.91 Å². The molecule has 2 aromatic carbocycles. The number of carbonyl (C=O) groups excluding carboxylic acids is 2. The van der Waals surface area contributed by atoms with Crippen molar-refractivity contribution in [3.8, 4) is 16.9 Å². The summed E-state index contributed by atoms with van der Waals surface area (Å²) < 4.78 is 11.3. The monoisotopic (exact) mass is 487 g/mol. The highest BCUT2D eigenvalue weighted by molar-refractivity contribution is 9.10. The van der Waals surface area contributed by atoms with E-state index in [-0.39, 0.29) is 12.5 Å². The van der Waals surface area contributed by atoms with Gasteiger partial charge in [-0.1, -0.05) is 40.2 Å². The van der Waals surface area contributed by atoms with Crippen molar-refractivity contribution in [3.05, 3.63) is 69.5 Å². The Bertz CT molecular complexity index is 1010. The van der Waals surface area contributed by atoms with Crippen LogP contribution in [0.5, 0.6) is 5.75 Å². The lowest BCUT2D eigenvalue weighted by Crippen LogP contribution is -2.15. The minimum atomic E-state index is -0.442. The largest absolute Gasteiger partial charge is 0.497 e. The van der Waals surface area contributed by atoms with Gasteiger partial charge in [-0.3, -0.25) is 4.79 Å². The Morgan fingerprint density at radius 1 is 1.07 bits per heavy atom. The Morgan fingerprint density at radius 2 is 1.77 bits per heavy atom. The SMILES string of the molecule is CCOC(=O)c1c(-c2ccc(Br)cc2)csc1NC(=O)CCc1ccc(OC)cc1. The topological polar surface area (TPSA) is 64.6 Å². The third-order valence-corrected chi connectivity index (χ3v) is 5.90. The third kappa shape index (κ3) is 5.49. The molecule has 3 aromatic rings. The highest BCUT2D eigenvalue weighted by Crippen LogP contribution is 2.36. The summed E-state index contributed by atoms with van der Waals surface area (Å²) in [5, 5.41) is 5.26. The molecule has 1 N–H and O–H groups in total. The molecule has 7 heteroatoms. The first-order valence-corrected chi connectivity index (χ1v) is 11.2. The van der Waals surface area contributed by atoms with E-state index in [9.17, 15) is 9.59 Å². The lowest BCUT2D eigenvalue weighted by Gasteiger charge is -2.09. The van der Waals surface area contributed by atoms with Crippen LogP contribution < -0.4 is 10.1 Å². The first-order chi connectivity index (χ1) is 14.5. The molecule has 0 saturated heterocycles. The number of amides is 1. The van der Waals surface area contributed by atoms with Crippen LogP contribution in [0.4, 0.5) is 5.00 Å². The van der Waals surface area contributed by atoms with Crippen LogP contribution in [0.2, 0.25) is 0 Å². The molecule has 0 bridgehead atoms. The van der Waals surface area contributed by atoms with Crippen molar-refractivity contribution in [1.82, 2.24) is 0 Å². The number of thiophene rings is 1. The number of aryl methyl sites for hydroxylation is 1. The Kier molecular flexibility index (Phi) is 7.65. The van der Waals surface area contributed by atoms with Gasteiger partial charge in [-0.05, 0) is 48.7 Å². The molecular weight excluding hydrogens is 466 g/mol. The molecule has 1 amide bonds. The second kappa shape index (κ2) is 10.4. The third-order valence-electron chi connectivity index (χ3n) is 4.48. The minimum Gasteiger partial charge on any atom is -0.497 e. The summed E-state index contributed by atoms with van der Waals surface area (Å²) in [4.78, 5) is 25.2. The normalized spacial score (nSPS) is 10.5. The Labute approximate surface area is 188 Å². The maximum Gasteiger partial charge on any atom is 0.341 e. The molecule has 0 saturated carbocycles. The number of halogens is 1. The van der Waals surface area contributed by atoms with Crippen molar-refractivity contribution >= 4 is 44.1 Å². The van der Waals surface area contributed by atoms with E-state index in [0.717, 1.165) is 26.9 Å². The van der Waals surface area contributed by atoms with E-state index in [1.807, 2.05) is 53.9 Å². The number of esters is 1. The Balaban J connectivity index is 1.76. The molecule has 0 aliphatic carbocycles. The van der Waals surface area contributed by atoms with Crippen LogP contribution in [0, 0.1) is 0 Å². The Hall–Kier alpha value is -2.64. The molecule has 30 heavy (non-hydrogen) atoms. The van der Waals surface area contributed by atoms with E-state index in [0.29, 0.717) is 23.4 Å². The second-order valence-electron chi connectivity index (χ2n) is 6.48. The summed E-state index contributed by atoms with van der Waals surface area (Å²) in [6, 6.07) is 15.3. The quantitative estimate of drug-likeness (QED) is 0.399. The standard InChI is InChI=1S/C23H22BrNO4S/c1-3-29-23(27)21-19(16-7-9-17(24)10-8-16)14-30-22(21)25-20(26)13-6-15-4-11-18(28-2)12-5-15/h4-5,7-12,14H,3,6,13H2,1-2H3,(H,25,26). The molecule has 3 rings (SSSR count). The molecule has 1 heterocycles. The van der Waals surface area contributed by atoms with Gasteiger partial charge in [0.25, 0.3) is 0 Å². The van der Waals surface area contributed by atoms with Crippen molar-refractivity contribution in [1.29, 1.82) is 0 Å². The van der Waals surface area contributed by atoms with Crippen LogP contribution in [0.3, 0.4) is 0 Å². The number of methoxy groups -OCH3 is 1. The van der Waals surface area contributed by atoms with Crippen molar-refractivity contribution in [2.24, 2.45) is 0 Å². The lowest BCUT2D eigenvalue weighted by molar-refractivity contribution is -0.116. The molecule has 156 valence electrons. The number of nitrogens with one attached hydrogen (secondary N) is 1. The van der Waals surface area contributed by atoms with E-state index in [2.05, 4.69) is 21.2 Å². The maximum absolute atomic E-state index is 12.6. The summed E-state index contributed by atoms with van der Waals surface area (Å²) in [5.74, 6) is 0.184. The molecule has 0 aliphatic rings. The maximum atomic E-state index is 12.6. The van der Waals surface area contributed by atoms with Crippen LogP contribution in [0.1, 0.15) is 29.3 Å². The zero-order valence-corrected chi connectivity index (χ0v) is 19.1. The van der Waals surface area contributed by atoms with Gasteiger partial charge in [-0.25, -0.2) is 4.79 Å². The molecule has 0 fully saturated rings. The van der Waals surface area contributed by atoms with Gasteiger partial charge < -0.3 is 14.8 Å². The fraction of sp³-hybridized carbons (Fsp3) is 0.217. The van der Waals surface area contributed by atoms with Gasteiger partial charge in [-0.2, -0.15) is 0 Å². The number of anilines is 1. The van der Waals surface area contributed by atoms with Gasteiger partial charge in [0.05, 0.1) is 13.7 Å². The second-order valence-corrected chi connectivity index (χ2v) is 8.27. The van der Waals surface area contributed by atoms with Crippen molar-refractivity contribution in [3.63, 3.8) is 0 Å².